The van der Waals surface area contributed by atoms with Gasteiger partial charge < -0.3 is 9.84 Å². The fourth-order valence-corrected chi connectivity index (χ4v) is 4.21. The summed E-state index contributed by atoms with van der Waals surface area (Å²) < 4.78 is 32.7. The van der Waals surface area contributed by atoms with Crippen LogP contribution in [0.15, 0.2) is 51.9 Å². The summed E-state index contributed by atoms with van der Waals surface area (Å²) in [7, 11) is -2.14. The molecular formula is C24H27N3O4S. The number of amides is 1. The van der Waals surface area contributed by atoms with Gasteiger partial charge in [-0.25, -0.2) is 8.42 Å². The van der Waals surface area contributed by atoms with Crippen molar-refractivity contribution in [3.05, 3.63) is 70.6 Å². The second-order valence-corrected chi connectivity index (χ2v) is 9.52. The number of carbonyl (C=O) groups excluding carboxylic acids is 1. The summed E-state index contributed by atoms with van der Waals surface area (Å²) in [5, 5.41) is 6.67. The maximum absolute atomic E-state index is 13.0. The van der Waals surface area contributed by atoms with Crippen LogP contribution < -0.4 is 9.62 Å². The van der Waals surface area contributed by atoms with E-state index in [1.54, 1.807) is 63.4 Å². The van der Waals surface area contributed by atoms with E-state index in [-0.39, 0.29) is 10.8 Å². The molecule has 0 aliphatic heterocycles. The molecule has 1 heterocycles. The summed E-state index contributed by atoms with van der Waals surface area (Å²) in [5.74, 6) is 0.295. The van der Waals surface area contributed by atoms with Gasteiger partial charge in [0, 0.05) is 13.5 Å². The second kappa shape index (κ2) is 9.40. The van der Waals surface area contributed by atoms with Crippen molar-refractivity contribution in [2.24, 2.45) is 0 Å². The fraction of sp³-hybridized carbons (Fsp3) is 0.250. The first-order valence-corrected chi connectivity index (χ1v) is 11.7. The number of hydrogen-bond acceptors (Lipinski definition) is 5. The zero-order valence-corrected chi connectivity index (χ0v) is 19.7. The minimum Gasteiger partial charge on any atom is -0.354 e. The highest BCUT2D eigenvalue weighted by molar-refractivity contribution is 7.92. The first kappa shape index (κ1) is 23.3. The molecule has 1 N–H and O–H groups in total. The zero-order chi connectivity index (χ0) is 23.5. The van der Waals surface area contributed by atoms with Crippen LogP contribution in [-0.2, 0) is 14.8 Å². The number of aryl methyl sites for hydroxylation is 3. The average Bonchev–Trinajstić information content (AvgIpc) is 3.13. The molecule has 1 amide bonds. The summed E-state index contributed by atoms with van der Waals surface area (Å²) in [6, 6.07) is 12.1. The first-order chi connectivity index (χ1) is 15.1. The SMILES string of the molecule is CCC(=O)Nc1c(C)noc1C=Cc1ccc(S(=O)(=O)N(C)c2ccc(C)c(C)c2)cc1. The smallest absolute Gasteiger partial charge is 0.264 e. The minimum absolute atomic E-state index is 0.131. The molecule has 0 radical (unpaired) electrons. The number of sulfonamides is 1. The molecule has 0 saturated heterocycles. The van der Waals surface area contributed by atoms with Crippen LogP contribution in [0.5, 0.6) is 0 Å². The van der Waals surface area contributed by atoms with Crippen molar-refractivity contribution in [2.45, 2.75) is 39.0 Å². The Morgan fingerprint density at radius 1 is 1.06 bits per heavy atom. The Labute approximate surface area is 188 Å². The molecule has 0 fully saturated rings. The lowest BCUT2D eigenvalue weighted by Gasteiger charge is -2.20. The van der Waals surface area contributed by atoms with E-state index in [0.717, 1.165) is 16.7 Å². The Morgan fingerprint density at radius 3 is 2.38 bits per heavy atom. The third-order valence-corrected chi connectivity index (χ3v) is 7.09. The topological polar surface area (TPSA) is 92.5 Å². The van der Waals surface area contributed by atoms with E-state index in [4.69, 9.17) is 4.52 Å². The average molecular weight is 454 g/mol. The maximum Gasteiger partial charge on any atom is 0.264 e. The van der Waals surface area contributed by atoms with Gasteiger partial charge in [-0.3, -0.25) is 9.10 Å². The van der Waals surface area contributed by atoms with E-state index >= 15 is 0 Å². The van der Waals surface area contributed by atoms with Crippen molar-refractivity contribution in [1.82, 2.24) is 5.16 Å². The van der Waals surface area contributed by atoms with Crippen LogP contribution in [0.2, 0.25) is 0 Å². The van der Waals surface area contributed by atoms with Crippen LogP contribution >= 0.6 is 0 Å². The Balaban J connectivity index is 1.80. The van der Waals surface area contributed by atoms with E-state index in [9.17, 15) is 13.2 Å². The zero-order valence-electron chi connectivity index (χ0n) is 18.8. The number of carbonyl (C=O) groups is 1. The van der Waals surface area contributed by atoms with E-state index < -0.39 is 10.0 Å². The molecule has 168 valence electrons. The van der Waals surface area contributed by atoms with Crippen LogP contribution in [0.3, 0.4) is 0 Å². The van der Waals surface area contributed by atoms with Crippen LogP contribution in [0, 0.1) is 20.8 Å². The Kier molecular flexibility index (Phi) is 6.84. The normalized spacial score (nSPS) is 11.7. The van der Waals surface area contributed by atoms with Gasteiger partial charge in [0.2, 0.25) is 5.91 Å². The standard InChI is InChI=1S/C24H27N3O4S/c1-6-23(28)25-24-18(4)26-31-22(24)14-10-19-8-12-21(13-9-19)32(29,30)27(5)20-11-7-16(2)17(3)15-20/h7-15H,6H2,1-5H3,(H,25,28). The molecule has 0 spiro atoms. The molecule has 8 heteroatoms. The van der Waals surface area contributed by atoms with Gasteiger partial charge in [0.05, 0.1) is 10.6 Å². The maximum atomic E-state index is 13.0. The van der Waals surface area contributed by atoms with Crippen molar-refractivity contribution in [2.75, 3.05) is 16.7 Å². The summed E-state index contributed by atoms with van der Waals surface area (Å²) >= 11 is 0. The van der Waals surface area contributed by atoms with Crippen LogP contribution in [0.1, 0.15) is 41.5 Å². The molecule has 0 aliphatic carbocycles. The Morgan fingerprint density at radius 2 is 1.75 bits per heavy atom. The number of aromatic nitrogens is 1. The van der Waals surface area contributed by atoms with Crippen LogP contribution in [0.4, 0.5) is 11.4 Å². The van der Waals surface area contributed by atoms with Gasteiger partial charge in [-0.15, -0.1) is 0 Å². The quantitative estimate of drug-likeness (QED) is 0.547. The summed E-state index contributed by atoms with van der Waals surface area (Å²) in [6.45, 7) is 7.45. The highest BCUT2D eigenvalue weighted by Crippen LogP contribution is 2.26. The highest BCUT2D eigenvalue weighted by atomic mass is 32.2. The third kappa shape index (κ3) is 4.91. The van der Waals surface area contributed by atoms with Crippen molar-refractivity contribution < 1.29 is 17.7 Å². The van der Waals surface area contributed by atoms with Gasteiger partial charge in [0.25, 0.3) is 10.0 Å². The number of nitrogens with one attached hydrogen (secondary N) is 1. The van der Waals surface area contributed by atoms with Gasteiger partial charge >= 0.3 is 0 Å². The van der Waals surface area contributed by atoms with E-state index in [2.05, 4.69) is 10.5 Å². The van der Waals surface area contributed by atoms with E-state index in [1.165, 1.54) is 4.31 Å². The first-order valence-electron chi connectivity index (χ1n) is 10.2. The van der Waals surface area contributed by atoms with Gasteiger partial charge in [-0.05, 0) is 67.8 Å². The van der Waals surface area contributed by atoms with Crippen molar-refractivity contribution in [3.63, 3.8) is 0 Å². The van der Waals surface area contributed by atoms with Crippen LogP contribution in [-0.4, -0.2) is 26.5 Å². The molecule has 0 aliphatic rings. The van der Waals surface area contributed by atoms with Crippen LogP contribution in [0.25, 0.3) is 12.2 Å². The number of benzene rings is 2. The molecular weight excluding hydrogens is 426 g/mol. The molecule has 2 aromatic carbocycles. The van der Waals surface area contributed by atoms with E-state index in [0.29, 0.717) is 29.2 Å². The molecule has 3 rings (SSSR count). The summed E-state index contributed by atoms with van der Waals surface area (Å²) in [6.07, 6.45) is 3.81. The minimum atomic E-state index is -3.69. The Bertz CT molecular complexity index is 1260. The number of nitrogens with zero attached hydrogens (tertiary/aromatic N) is 2. The molecule has 3 aromatic rings. The van der Waals surface area contributed by atoms with Crippen molar-refractivity contribution in [3.8, 4) is 0 Å². The number of anilines is 2. The number of hydrogen-bond donors (Lipinski definition) is 1. The van der Waals surface area contributed by atoms with Gasteiger partial charge in [0.1, 0.15) is 11.4 Å². The predicted octanol–water partition coefficient (Wildman–Crippen LogP) is 4.94. The molecule has 0 bridgehead atoms. The van der Waals surface area contributed by atoms with Gasteiger partial charge in [0.15, 0.2) is 5.76 Å². The fourth-order valence-electron chi connectivity index (χ4n) is 3.02. The molecule has 0 saturated carbocycles. The summed E-state index contributed by atoms with van der Waals surface area (Å²) in [4.78, 5) is 11.9. The largest absolute Gasteiger partial charge is 0.354 e. The molecule has 32 heavy (non-hydrogen) atoms. The second-order valence-electron chi connectivity index (χ2n) is 7.55. The third-order valence-electron chi connectivity index (χ3n) is 5.29. The predicted molar refractivity (Wildman–Crippen MR) is 127 cm³/mol. The summed E-state index contributed by atoms with van der Waals surface area (Å²) in [5.41, 5.74) is 4.64. The molecule has 0 unspecified atom stereocenters. The van der Waals surface area contributed by atoms with Gasteiger partial charge in [-0.2, -0.15) is 0 Å². The lowest BCUT2D eigenvalue weighted by Crippen LogP contribution is -2.26. The monoisotopic (exact) mass is 453 g/mol. The van der Waals surface area contributed by atoms with Gasteiger partial charge in [-0.1, -0.05) is 36.4 Å². The van der Waals surface area contributed by atoms with E-state index in [1.807, 2.05) is 26.0 Å². The lowest BCUT2D eigenvalue weighted by atomic mass is 10.1. The van der Waals surface area contributed by atoms with Crippen molar-refractivity contribution in [1.29, 1.82) is 0 Å². The lowest BCUT2D eigenvalue weighted by molar-refractivity contribution is -0.115. The number of rotatable bonds is 7. The Hall–Kier alpha value is -3.39. The molecule has 0 atom stereocenters. The van der Waals surface area contributed by atoms with Crippen molar-refractivity contribution >= 4 is 39.5 Å². The molecule has 1 aromatic heterocycles. The highest BCUT2D eigenvalue weighted by Gasteiger charge is 2.21. The molecule has 7 nitrogen and oxygen atoms in total.